The molecule has 0 radical (unpaired) electrons. The Bertz CT molecular complexity index is 1440. The van der Waals surface area contributed by atoms with Crippen LogP contribution >= 0.6 is 0 Å². The van der Waals surface area contributed by atoms with Gasteiger partial charge in [0, 0.05) is 13.1 Å². The van der Waals surface area contributed by atoms with Crippen molar-refractivity contribution in [3.8, 4) is 0 Å². The average Bonchev–Trinajstić information content (AvgIpc) is 3.05. The Morgan fingerprint density at radius 3 is 1.98 bits per heavy atom. The highest BCUT2D eigenvalue weighted by Crippen LogP contribution is 2.28. The lowest BCUT2D eigenvalue weighted by Crippen LogP contribution is -2.56. The van der Waals surface area contributed by atoms with E-state index in [-0.39, 0.29) is 31.8 Å². The molecule has 3 aromatic carbocycles. The molecule has 0 spiro atoms. The van der Waals surface area contributed by atoms with Gasteiger partial charge in [-0.1, -0.05) is 84.9 Å². The number of hydrogen-bond donors (Lipinski definition) is 4. The molecule has 0 fully saturated rings. The summed E-state index contributed by atoms with van der Waals surface area (Å²) in [5.41, 5.74) is 14.7. The van der Waals surface area contributed by atoms with Crippen molar-refractivity contribution in [3.05, 3.63) is 117 Å². The second-order valence-corrected chi connectivity index (χ2v) is 11.3. The topological polar surface area (TPSA) is 189 Å². The highest BCUT2D eigenvalue weighted by atomic mass is 16.7. The molecule has 3 rings (SSSR count). The number of carbonyl (C=O) groups excluding carboxylic acids is 3. The number of hydrazone groups is 1. The summed E-state index contributed by atoms with van der Waals surface area (Å²) in [5, 5.41) is 19.4. The predicted molar refractivity (Wildman–Crippen MR) is 180 cm³/mol. The van der Waals surface area contributed by atoms with Crippen LogP contribution in [-0.2, 0) is 27.3 Å². The largest absolute Gasteiger partial charge is 0.364 e. The van der Waals surface area contributed by atoms with Gasteiger partial charge in [-0.05, 0) is 68.7 Å². The molecule has 6 N–H and O–H groups in total. The number of nitro groups is 1. The van der Waals surface area contributed by atoms with E-state index in [1.165, 1.54) is 0 Å². The van der Waals surface area contributed by atoms with E-state index in [2.05, 4.69) is 20.6 Å². The Morgan fingerprint density at radius 2 is 1.45 bits per heavy atom. The van der Waals surface area contributed by atoms with E-state index < -0.39 is 34.8 Å². The minimum Gasteiger partial charge on any atom is -0.364 e. The average molecular weight is 645 g/mol. The van der Waals surface area contributed by atoms with E-state index in [4.69, 9.17) is 11.5 Å². The Kier molecular flexibility index (Phi) is 14.5. The van der Waals surface area contributed by atoms with Crippen LogP contribution in [0.2, 0.25) is 0 Å². The first-order chi connectivity index (χ1) is 22.6. The molecule has 13 nitrogen and oxygen atoms in total. The number of rotatable bonds is 17. The summed E-state index contributed by atoms with van der Waals surface area (Å²) in [6.07, 6.45) is 1.50. The lowest BCUT2D eigenvalue weighted by atomic mass is 9.89. The first kappa shape index (κ1) is 36.3. The van der Waals surface area contributed by atoms with Crippen molar-refractivity contribution in [2.75, 3.05) is 33.7 Å². The molecular weight excluding hydrogens is 600 g/mol. The molecule has 0 aliphatic carbocycles. The molecule has 0 saturated heterocycles. The van der Waals surface area contributed by atoms with Crippen molar-refractivity contribution in [2.24, 2.45) is 16.6 Å². The molecule has 0 saturated carbocycles. The highest BCUT2D eigenvalue weighted by molar-refractivity contribution is 6.04. The molecule has 0 aliphatic rings. The number of guanidine groups is 1. The van der Waals surface area contributed by atoms with Gasteiger partial charge in [0.1, 0.15) is 11.1 Å². The van der Waals surface area contributed by atoms with E-state index in [1.807, 2.05) is 38.4 Å². The van der Waals surface area contributed by atoms with Crippen molar-refractivity contribution in [3.63, 3.8) is 0 Å². The third-order valence-corrected chi connectivity index (χ3v) is 7.44. The molecule has 47 heavy (non-hydrogen) atoms. The third kappa shape index (κ3) is 11.6. The van der Waals surface area contributed by atoms with Crippen molar-refractivity contribution >= 4 is 23.7 Å². The third-order valence-electron chi connectivity index (χ3n) is 7.44. The molecular formula is C34H44N8O5. The quantitative estimate of drug-likeness (QED) is 0.0565. The van der Waals surface area contributed by atoms with Crippen LogP contribution in [0.1, 0.15) is 47.4 Å². The van der Waals surface area contributed by atoms with Crippen molar-refractivity contribution in [1.82, 2.24) is 20.4 Å². The summed E-state index contributed by atoms with van der Waals surface area (Å²) in [7, 11) is 3.96. The Hall–Kier alpha value is -5.14. The molecule has 0 heterocycles. The summed E-state index contributed by atoms with van der Waals surface area (Å²) in [6.45, 7) is 1.80. The van der Waals surface area contributed by atoms with Crippen LogP contribution in [0.5, 0.6) is 0 Å². The van der Waals surface area contributed by atoms with Gasteiger partial charge < -0.3 is 27.0 Å². The normalized spacial score (nSPS) is 12.1. The first-order valence-electron chi connectivity index (χ1n) is 15.5. The lowest BCUT2D eigenvalue weighted by Gasteiger charge is -2.32. The molecule has 13 heteroatoms. The number of hydrogen-bond acceptors (Lipinski definition) is 7. The fraction of sp³-hybridized carbons (Fsp3) is 0.353. The Labute approximate surface area is 275 Å². The van der Waals surface area contributed by atoms with Crippen LogP contribution in [0, 0.1) is 10.1 Å². The van der Waals surface area contributed by atoms with Crippen LogP contribution in [0.3, 0.4) is 0 Å². The van der Waals surface area contributed by atoms with E-state index >= 15 is 0 Å². The van der Waals surface area contributed by atoms with E-state index in [0.717, 1.165) is 29.0 Å². The van der Waals surface area contributed by atoms with Crippen LogP contribution in [-0.4, -0.2) is 78.3 Å². The number of carbonyl (C=O) groups is 3. The smallest absolute Gasteiger partial charge is 0.276 e. The van der Waals surface area contributed by atoms with Crippen LogP contribution < -0.4 is 22.1 Å². The number of benzene rings is 3. The molecule has 3 amide bonds. The maximum atomic E-state index is 14.4. The van der Waals surface area contributed by atoms with E-state index in [9.17, 15) is 24.5 Å². The fourth-order valence-electron chi connectivity index (χ4n) is 5.11. The highest BCUT2D eigenvalue weighted by Gasteiger charge is 2.38. The molecule has 0 aliphatic heterocycles. The maximum absolute atomic E-state index is 14.4. The van der Waals surface area contributed by atoms with Crippen molar-refractivity contribution in [2.45, 2.75) is 44.2 Å². The predicted octanol–water partition coefficient (Wildman–Crippen LogP) is 2.19. The Morgan fingerprint density at radius 1 is 0.872 bits per heavy atom. The number of nitrogens with zero attached hydrogens (tertiary/aromatic N) is 4. The molecule has 0 unspecified atom stereocenters. The summed E-state index contributed by atoms with van der Waals surface area (Å²) in [5.74, 6) is -2.93. The van der Waals surface area contributed by atoms with E-state index in [0.29, 0.717) is 24.1 Å². The molecule has 0 bridgehead atoms. The van der Waals surface area contributed by atoms with Gasteiger partial charge in [-0.3, -0.25) is 19.3 Å². The van der Waals surface area contributed by atoms with Gasteiger partial charge in [0.05, 0.1) is 12.3 Å². The molecule has 1 atom stereocenters. The van der Waals surface area contributed by atoms with Crippen LogP contribution in [0.15, 0.2) is 90.0 Å². The van der Waals surface area contributed by atoms with Gasteiger partial charge in [0.15, 0.2) is 5.03 Å². The fourth-order valence-corrected chi connectivity index (χ4v) is 5.11. The van der Waals surface area contributed by atoms with Crippen LogP contribution in [0.25, 0.3) is 0 Å². The summed E-state index contributed by atoms with van der Waals surface area (Å²) in [6, 6.07) is 23.8. The second-order valence-electron chi connectivity index (χ2n) is 11.3. The zero-order valence-corrected chi connectivity index (χ0v) is 26.9. The molecule has 0 aromatic heterocycles. The molecule has 250 valence electrons. The molecule has 3 aromatic rings. The van der Waals surface area contributed by atoms with Crippen molar-refractivity contribution < 1.29 is 19.4 Å². The summed E-state index contributed by atoms with van der Waals surface area (Å²) < 4.78 is 0. The minimum absolute atomic E-state index is 0.0735. The van der Waals surface area contributed by atoms with E-state index in [1.54, 1.807) is 60.7 Å². The minimum atomic E-state index is -1.24. The van der Waals surface area contributed by atoms with Gasteiger partial charge in [-0.15, -0.1) is 0 Å². The van der Waals surface area contributed by atoms with Gasteiger partial charge >= 0.3 is 0 Å². The Balaban J connectivity index is 1.82. The number of nitrogens with two attached hydrogens (primary N) is 2. The van der Waals surface area contributed by atoms with Gasteiger partial charge in [-0.25, -0.2) is 10.1 Å². The van der Waals surface area contributed by atoms with Crippen LogP contribution in [0.4, 0.5) is 0 Å². The lowest BCUT2D eigenvalue weighted by molar-refractivity contribution is -0.485. The monoisotopic (exact) mass is 644 g/mol. The van der Waals surface area contributed by atoms with Gasteiger partial charge in [0.25, 0.3) is 5.96 Å². The second kappa shape index (κ2) is 18.7. The summed E-state index contributed by atoms with van der Waals surface area (Å²) >= 11 is 0. The summed E-state index contributed by atoms with van der Waals surface area (Å²) in [4.78, 5) is 54.8. The zero-order chi connectivity index (χ0) is 34.2. The standard InChI is InChI=1S/C34H44N8O5/c1-40(2)22-10-21-37-30(43)23-25-16-18-26(19-17-25)24-38-32(44)29(15-9-20-35)41(34(36)39-42(46)47)33(45)31(27-11-5-3-6-12-27)28-13-7-4-8-14-28/h3-8,11-14,16-19,29,31H,9-10,15,20-24,35H2,1-2H3,(H2,36,39)(H,37,43)(H,38,44)/t29-/m0/s1. The van der Waals surface area contributed by atoms with Crippen molar-refractivity contribution in [1.29, 1.82) is 0 Å². The van der Waals surface area contributed by atoms with Gasteiger partial charge in [-0.2, -0.15) is 0 Å². The number of amides is 3. The maximum Gasteiger partial charge on any atom is 0.276 e. The number of nitrogens with one attached hydrogen (secondary N) is 2. The zero-order valence-electron chi connectivity index (χ0n) is 26.9. The SMILES string of the molecule is CN(C)CCCNC(=O)Cc1ccc(CNC(=O)[C@H](CCCN)N(C(=O)C(c2ccccc2)c2ccccc2)C(N)=N[N+](=O)[O-])cc1. The van der Waals surface area contributed by atoms with Gasteiger partial charge in [0.2, 0.25) is 17.7 Å². The first-order valence-corrected chi connectivity index (χ1v) is 15.5.